The number of hydrogen-bond donors (Lipinski definition) is 1. The van der Waals surface area contributed by atoms with E-state index in [1.807, 2.05) is 13.8 Å². The van der Waals surface area contributed by atoms with Gasteiger partial charge in [-0.05, 0) is 26.9 Å². The molecule has 0 aromatic rings. The molecule has 0 saturated carbocycles. The Balaban J connectivity index is 4.60. The summed E-state index contributed by atoms with van der Waals surface area (Å²) >= 11 is 0. The molecule has 0 fully saturated rings. The summed E-state index contributed by atoms with van der Waals surface area (Å²) in [4.78, 5) is 13.2. The first-order valence-electron chi connectivity index (χ1n) is 4.68. The zero-order valence-corrected chi connectivity index (χ0v) is 9.29. The quantitative estimate of drug-likeness (QED) is 0.306. The number of carbonyl (C=O) groups is 1. The maximum absolute atomic E-state index is 11.1. The van der Waals surface area contributed by atoms with Crippen LogP contribution in [0.2, 0.25) is 0 Å². The number of carbonyl (C=O) groups excluding carboxylic acids is 1. The number of nitrogens with zero attached hydrogens (tertiary/aromatic N) is 2. The van der Waals surface area contributed by atoms with E-state index in [-0.39, 0.29) is 5.91 Å². The van der Waals surface area contributed by atoms with Crippen LogP contribution in [0.1, 0.15) is 34.6 Å². The summed E-state index contributed by atoms with van der Waals surface area (Å²) in [6.45, 7) is 11.2. The van der Waals surface area contributed by atoms with Crippen molar-refractivity contribution in [2.75, 3.05) is 13.1 Å². The maximum atomic E-state index is 11.1. The van der Waals surface area contributed by atoms with Crippen molar-refractivity contribution in [3.63, 3.8) is 0 Å². The van der Waals surface area contributed by atoms with Crippen LogP contribution in [0.4, 0.5) is 0 Å². The van der Waals surface area contributed by atoms with Crippen molar-refractivity contribution in [2.24, 2.45) is 5.84 Å². The van der Waals surface area contributed by atoms with Crippen LogP contribution in [-0.4, -0.2) is 34.6 Å². The fraction of sp³-hybridized carbons (Fsp3) is 0.889. The lowest BCUT2D eigenvalue weighted by molar-refractivity contribution is -0.142. The molecular formula is C9H21N3O. The predicted octanol–water partition coefficient (Wildman–Crippen LogP) is 0.787. The Morgan fingerprint density at radius 3 is 1.92 bits per heavy atom. The van der Waals surface area contributed by atoms with E-state index in [0.29, 0.717) is 0 Å². The molecular weight excluding hydrogens is 166 g/mol. The van der Waals surface area contributed by atoms with Crippen LogP contribution in [0.3, 0.4) is 0 Å². The van der Waals surface area contributed by atoms with E-state index in [2.05, 4.69) is 18.7 Å². The fourth-order valence-electron chi connectivity index (χ4n) is 1.54. The maximum Gasteiger partial charge on any atom is 0.235 e. The van der Waals surface area contributed by atoms with Crippen LogP contribution in [0.15, 0.2) is 0 Å². The van der Waals surface area contributed by atoms with Crippen LogP contribution in [-0.2, 0) is 4.79 Å². The van der Waals surface area contributed by atoms with Crippen LogP contribution in [0.25, 0.3) is 0 Å². The summed E-state index contributed by atoms with van der Waals surface area (Å²) in [5.41, 5.74) is -0.407. The van der Waals surface area contributed by atoms with Crippen molar-refractivity contribution in [3.8, 4) is 0 Å². The molecule has 0 heterocycles. The van der Waals surface area contributed by atoms with Crippen molar-refractivity contribution in [1.29, 1.82) is 0 Å². The van der Waals surface area contributed by atoms with Crippen LogP contribution >= 0.6 is 0 Å². The second kappa shape index (κ2) is 4.58. The topological polar surface area (TPSA) is 49.6 Å². The van der Waals surface area contributed by atoms with Crippen LogP contribution in [0.5, 0.6) is 0 Å². The van der Waals surface area contributed by atoms with Gasteiger partial charge in [-0.25, -0.2) is 5.84 Å². The molecule has 78 valence electrons. The number of hydrogen-bond acceptors (Lipinski definition) is 3. The number of rotatable bonds is 4. The van der Waals surface area contributed by atoms with Gasteiger partial charge in [0.1, 0.15) is 5.66 Å². The van der Waals surface area contributed by atoms with E-state index in [9.17, 15) is 4.79 Å². The average Bonchev–Trinajstić information content (AvgIpc) is 2.04. The lowest BCUT2D eigenvalue weighted by Crippen LogP contribution is -2.61. The molecule has 0 aliphatic heterocycles. The lowest BCUT2D eigenvalue weighted by atomic mass is 10.2. The third-order valence-electron chi connectivity index (χ3n) is 2.47. The zero-order chi connectivity index (χ0) is 10.6. The minimum Gasteiger partial charge on any atom is -0.281 e. The average molecular weight is 187 g/mol. The van der Waals surface area contributed by atoms with Crippen molar-refractivity contribution < 1.29 is 4.79 Å². The number of hydrazine groups is 1. The highest BCUT2D eigenvalue weighted by Gasteiger charge is 2.31. The normalized spacial score (nSPS) is 11.9. The molecule has 0 spiro atoms. The molecule has 2 N–H and O–H groups in total. The van der Waals surface area contributed by atoms with E-state index >= 15 is 0 Å². The standard InChI is InChI=1S/C9H21N3O/c1-6-11(7-2)9(4,5)12(10)8(3)13/h6-7,10H2,1-5H3. The Morgan fingerprint density at radius 2 is 1.69 bits per heavy atom. The van der Waals surface area contributed by atoms with Gasteiger partial charge in [-0.15, -0.1) is 0 Å². The molecule has 0 saturated heterocycles. The Kier molecular flexibility index (Phi) is 4.36. The van der Waals surface area contributed by atoms with E-state index < -0.39 is 5.66 Å². The highest BCUT2D eigenvalue weighted by Crippen LogP contribution is 2.16. The molecule has 4 heteroatoms. The van der Waals surface area contributed by atoms with Crippen molar-refractivity contribution in [2.45, 2.75) is 40.3 Å². The third-order valence-corrected chi connectivity index (χ3v) is 2.47. The van der Waals surface area contributed by atoms with E-state index in [0.717, 1.165) is 13.1 Å². The predicted molar refractivity (Wildman–Crippen MR) is 53.7 cm³/mol. The van der Waals surface area contributed by atoms with Gasteiger partial charge in [0.2, 0.25) is 5.91 Å². The SMILES string of the molecule is CCN(CC)C(C)(C)N(N)C(C)=O. The second-order valence-corrected chi connectivity index (χ2v) is 3.56. The molecule has 0 bridgehead atoms. The van der Waals surface area contributed by atoms with Crippen molar-refractivity contribution in [1.82, 2.24) is 9.91 Å². The molecule has 0 aromatic heterocycles. The van der Waals surface area contributed by atoms with Gasteiger partial charge in [-0.3, -0.25) is 14.7 Å². The molecule has 0 unspecified atom stereocenters. The summed E-state index contributed by atoms with van der Waals surface area (Å²) in [6.07, 6.45) is 0. The van der Waals surface area contributed by atoms with Crippen molar-refractivity contribution in [3.05, 3.63) is 0 Å². The highest BCUT2D eigenvalue weighted by molar-refractivity contribution is 5.73. The fourth-order valence-corrected chi connectivity index (χ4v) is 1.54. The van der Waals surface area contributed by atoms with Gasteiger partial charge in [-0.1, -0.05) is 13.8 Å². The van der Waals surface area contributed by atoms with Gasteiger partial charge >= 0.3 is 0 Å². The Labute approximate surface area is 80.7 Å². The number of amides is 1. The first-order chi connectivity index (χ1) is 5.87. The lowest BCUT2D eigenvalue weighted by Gasteiger charge is -2.42. The van der Waals surface area contributed by atoms with Gasteiger partial charge in [0.25, 0.3) is 0 Å². The summed E-state index contributed by atoms with van der Waals surface area (Å²) in [6, 6.07) is 0. The molecule has 13 heavy (non-hydrogen) atoms. The largest absolute Gasteiger partial charge is 0.281 e. The van der Waals surface area contributed by atoms with Gasteiger partial charge in [0, 0.05) is 6.92 Å². The molecule has 0 atom stereocenters. The second-order valence-electron chi connectivity index (χ2n) is 3.56. The van der Waals surface area contributed by atoms with Gasteiger partial charge < -0.3 is 0 Å². The Bertz CT molecular complexity index is 176. The summed E-state index contributed by atoms with van der Waals surface area (Å²) < 4.78 is 0. The van der Waals surface area contributed by atoms with Gasteiger partial charge in [0.15, 0.2) is 0 Å². The monoisotopic (exact) mass is 187 g/mol. The Morgan fingerprint density at radius 1 is 1.31 bits per heavy atom. The summed E-state index contributed by atoms with van der Waals surface area (Å²) in [7, 11) is 0. The minimum atomic E-state index is -0.407. The molecule has 1 amide bonds. The first kappa shape index (κ1) is 12.4. The molecule has 0 aliphatic carbocycles. The van der Waals surface area contributed by atoms with E-state index in [1.165, 1.54) is 11.9 Å². The Hall–Kier alpha value is -0.610. The molecule has 0 radical (unpaired) electrons. The van der Waals surface area contributed by atoms with Gasteiger partial charge in [0.05, 0.1) is 0 Å². The molecule has 4 nitrogen and oxygen atoms in total. The molecule has 0 rings (SSSR count). The van der Waals surface area contributed by atoms with Crippen LogP contribution in [0, 0.1) is 0 Å². The smallest absolute Gasteiger partial charge is 0.235 e. The third kappa shape index (κ3) is 2.67. The first-order valence-corrected chi connectivity index (χ1v) is 4.68. The summed E-state index contributed by atoms with van der Waals surface area (Å²) in [5.74, 6) is 5.57. The van der Waals surface area contributed by atoms with Crippen molar-refractivity contribution >= 4 is 5.91 Å². The number of nitrogens with two attached hydrogens (primary N) is 1. The molecule has 0 aliphatic rings. The highest BCUT2D eigenvalue weighted by atomic mass is 16.2. The minimum absolute atomic E-state index is 0.114. The van der Waals surface area contributed by atoms with E-state index in [1.54, 1.807) is 0 Å². The van der Waals surface area contributed by atoms with Gasteiger partial charge in [-0.2, -0.15) is 0 Å². The molecule has 0 aromatic carbocycles. The van der Waals surface area contributed by atoms with E-state index in [4.69, 9.17) is 5.84 Å². The summed E-state index contributed by atoms with van der Waals surface area (Å²) in [5, 5.41) is 1.28. The van der Waals surface area contributed by atoms with Crippen LogP contribution < -0.4 is 5.84 Å². The zero-order valence-electron chi connectivity index (χ0n) is 9.29.